The molecule has 0 bridgehead atoms. The Morgan fingerprint density at radius 3 is 2.88 bits per heavy atom. The average Bonchev–Trinajstić information content (AvgIpc) is 2.89. The van der Waals surface area contributed by atoms with Gasteiger partial charge in [-0.3, -0.25) is 4.90 Å². The van der Waals surface area contributed by atoms with Crippen molar-refractivity contribution in [1.82, 2.24) is 9.88 Å². The summed E-state index contributed by atoms with van der Waals surface area (Å²) < 4.78 is 0. The Hall–Kier alpha value is -0.810. The Kier molecular flexibility index (Phi) is 3.66. The summed E-state index contributed by atoms with van der Waals surface area (Å²) in [5.41, 5.74) is 5.71. The van der Waals surface area contributed by atoms with E-state index in [1.807, 2.05) is 0 Å². The second-order valence-electron chi connectivity index (χ2n) is 4.15. The minimum Gasteiger partial charge on any atom is -0.389 e. The number of rotatable bonds is 4. The standard InChI is InChI=1S/C11H20N4S/c1-3-14(4-2)9-5-6-15(8-9)11-13-7-10(12)16-11/h7,9H,3-6,8,12H2,1-2H3. The lowest BCUT2D eigenvalue weighted by Gasteiger charge is -2.25. The first-order valence-electron chi connectivity index (χ1n) is 5.94. The fourth-order valence-corrected chi connectivity index (χ4v) is 3.09. The average molecular weight is 240 g/mol. The van der Waals surface area contributed by atoms with Gasteiger partial charge in [0.25, 0.3) is 0 Å². The zero-order chi connectivity index (χ0) is 11.5. The van der Waals surface area contributed by atoms with Crippen LogP contribution in [0.25, 0.3) is 0 Å². The maximum Gasteiger partial charge on any atom is 0.187 e. The molecule has 1 unspecified atom stereocenters. The predicted octanol–water partition coefficient (Wildman–Crippen LogP) is 1.65. The number of hydrogen-bond acceptors (Lipinski definition) is 5. The number of likely N-dealkylation sites (N-methyl/N-ethyl adjacent to an activating group) is 1. The van der Waals surface area contributed by atoms with Gasteiger partial charge >= 0.3 is 0 Å². The molecule has 1 fully saturated rings. The van der Waals surface area contributed by atoms with E-state index in [9.17, 15) is 0 Å². The summed E-state index contributed by atoms with van der Waals surface area (Å²) in [4.78, 5) is 9.22. The lowest BCUT2D eigenvalue weighted by molar-refractivity contribution is 0.232. The van der Waals surface area contributed by atoms with E-state index in [0.29, 0.717) is 6.04 Å². The lowest BCUT2D eigenvalue weighted by atomic mass is 10.2. The molecule has 2 N–H and O–H groups in total. The van der Waals surface area contributed by atoms with Crippen molar-refractivity contribution in [2.75, 3.05) is 36.8 Å². The summed E-state index contributed by atoms with van der Waals surface area (Å²) in [6.07, 6.45) is 2.99. The van der Waals surface area contributed by atoms with Crippen molar-refractivity contribution < 1.29 is 0 Å². The van der Waals surface area contributed by atoms with Crippen LogP contribution in [0.4, 0.5) is 10.1 Å². The number of aromatic nitrogens is 1. The molecule has 1 atom stereocenters. The molecule has 0 aliphatic carbocycles. The van der Waals surface area contributed by atoms with Gasteiger partial charge in [0.05, 0.1) is 6.20 Å². The van der Waals surface area contributed by atoms with Gasteiger partial charge in [0.2, 0.25) is 0 Å². The monoisotopic (exact) mass is 240 g/mol. The summed E-state index contributed by atoms with van der Waals surface area (Å²) in [6, 6.07) is 0.681. The Morgan fingerprint density at radius 1 is 1.56 bits per heavy atom. The van der Waals surface area contributed by atoms with E-state index < -0.39 is 0 Å². The van der Waals surface area contributed by atoms with Gasteiger partial charge < -0.3 is 10.6 Å². The Labute approximate surface area is 101 Å². The SMILES string of the molecule is CCN(CC)C1CCN(c2ncc(N)s2)C1. The van der Waals surface area contributed by atoms with Crippen molar-refractivity contribution in [3.63, 3.8) is 0 Å². The van der Waals surface area contributed by atoms with Crippen LogP contribution in [-0.4, -0.2) is 42.1 Å². The smallest absolute Gasteiger partial charge is 0.187 e. The quantitative estimate of drug-likeness (QED) is 0.869. The van der Waals surface area contributed by atoms with Crippen molar-refractivity contribution in [2.24, 2.45) is 0 Å². The second kappa shape index (κ2) is 5.01. The minimum atomic E-state index is 0.681. The van der Waals surface area contributed by atoms with Crippen LogP contribution in [0.2, 0.25) is 0 Å². The molecule has 0 radical (unpaired) electrons. The van der Waals surface area contributed by atoms with Crippen molar-refractivity contribution in [3.05, 3.63) is 6.20 Å². The molecule has 1 aromatic heterocycles. The van der Waals surface area contributed by atoms with Crippen LogP contribution >= 0.6 is 11.3 Å². The summed E-state index contributed by atoms with van der Waals surface area (Å²) in [5.74, 6) is 0. The first-order chi connectivity index (χ1) is 7.74. The molecule has 16 heavy (non-hydrogen) atoms. The summed E-state index contributed by atoms with van der Waals surface area (Å²) in [7, 11) is 0. The van der Waals surface area contributed by atoms with E-state index in [1.165, 1.54) is 6.42 Å². The van der Waals surface area contributed by atoms with E-state index in [0.717, 1.165) is 36.3 Å². The van der Waals surface area contributed by atoms with E-state index in [4.69, 9.17) is 5.73 Å². The van der Waals surface area contributed by atoms with Gasteiger partial charge in [-0.15, -0.1) is 0 Å². The van der Waals surface area contributed by atoms with Gasteiger partial charge in [-0.1, -0.05) is 25.2 Å². The Balaban J connectivity index is 1.97. The van der Waals surface area contributed by atoms with Crippen LogP contribution < -0.4 is 10.6 Å². The van der Waals surface area contributed by atoms with E-state index in [1.54, 1.807) is 17.5 Å². The van der Waals surface area contributed by atoms with Gasteiger partial charge in [-0.25, -0.2) is 4.98 Å². The summed E-state index contributed by atoms with van der Waals surface area (Å²) in [5, 5.41) is 1.88. The molecule has 0 amide bonds. The van der Waals surface area contributed by atoms with Crippen LogP contribution in [0.1, 0.15) is 20.3 Å². The first kappa shape index (κ1) is 11.7. The number of anilines is 2. The minimum absolute atomic E-state index is 0.681. The molecular formula is C11H20N4S. The number of hydrogen-bond donors (Lipinski definition) is 1. The number of thiazole rings is 1. The second-order valence-corrected chi connectivity index (χ2v) is 5.20. The first-order valence-corrected chi connectivity index (χ1v) is 6.76. The number of nitrogens with two attached hydrogens (primary N) is 1. The van der Waals surface area contributed by atoms with Crippen LogP contribution in [0, 0.1) is 0 Å². The largest absolute Gasteiger partial charge is 0.389 e. The fourth-order valence-electron chi connectivity index (χ4n) is 2.38. The molecule has 1 aliphatic heterocycles. The number of nitrogens with zero attached hydrogens (tertiary/aromatic N) is 3. The third kappa shape index (κ3) is 2.30. The molecule has 1 aliphatic rings. The fraction of sp³-hybridized carbons (Fsp3) is 0.727. The van der Waals surface area contributed by atoms with E-state index >= 15 is 0 Å². The number of nitrogen functional groups attached to an aromatic ring is 1. The summed E-state index contributed by atoms with van der Waals surface area (Å²) in [6.45, 7) is 8.92. The van der Waals surface area contributed by atoms with Crippen molar-refractivity contribution in [2.45, 2.75) is 26.3 Å². The van der Waals surface area contributed by atoms with Crippen LogP contribution in [0.3, 0.4) is 0 Å². The highest BCUT2D eigenvalue weighted by atomic mass is 32.1. The highest BCUT2D eigenvalue weighted by Crippen LogP contribution is 2.28. The molecule has 2 rings (SSSR count). The highest BCUT2D eigenvalue weighted by molar-refractivity contribution is 7.19. The maximum atomic E-state index is 5.71. The molecule has 5 heteroatoms. The molecule has 0 spiro atoms. The van der Waals surface area contributed by atoms with Crippen molar-refractivity contribution >= 4 is 21.5 Å². The van der Waals surface area contributed by atoms with Crippen molar-refractivity contribution in [3.8, 4) is 0 Å². The molecule has 0 aromatic carbocycles. The van der Waals surface area contributed by atoms with Gasteiger partial charge in [0, 0.05) is 19.1 Å². The molecule has 90 valence electrons. The van der Waals surface area contributed by atoms with Gasteiger partial charge in [0.1, 0.15) is 5.00 Å². The molecule has 1 aromatic rings. The zero-order valence-electron chi connectivity index (χ0n) is 10.0. The lowest BCUT2D eigenvalue weighted by Crippen LogP contribution is -2.37. The van der Waals surface area contributed by atoms with Gasteiger partial charge in [0.15, 0.2) is 5.13 Å². The topological polar surface area (TPSA) is 45.4 Å². The van der Waals surface area contributed by atoms with Gasteiger partial charge in [-0.05, 0) is 19.5 Å². The molecule has 0 saturated carbocycles. The van der Waals surface area contributed by atoms with Crippen molar-refractivity contribution in [1.29, 1.82) is 0 Å². The zero-order valence-corrected chi connectivity index (χ0v) is 10.8. The van der Waals surface area contributed by atoms with E-state index in [-0.39, 0.29) is 0 Å². The van der Waals surface area contributed by atoms with Crippen LogP contribution in [0.5, 0.6) is 0 Å². The highest BCUT2D eigenvalue weighted by Gasteiger charge is 2.27. The third-order valence-electron chi connectivity index (χ3n) is 3.27. The Bertz CT molecular complexity index is 334. The molecular weight excluding hydrogens is 220 g/mol. The normalized spacial score (nSPS) is 20.9. The van der Waals surface area contributed by atoms with Crippen LogP contribution in [0.15, 0.2) is 6.20 Å². The third-order valence-corrected chi connectivity index (χ3v) is 4.16. The molecule has 4 nitrogen and oxygen atoms in total. The van der Waals surface area contributed by atoms with E-state index in [2.05, 4.69) is 28.6 Å². The molecule has 2 heterocycles. The summed E-state index contributed by atoms with van der Waals surface area (Å²) >= 11 is 1.59. The van der Waals surface area contributed by atoms with Gasteiger partial charge in [-0.2, -0.15) is 0 Å². The maximum absolute atomic E-state index is 5.71. The predicted molar refractivity (Wildman–Crippen MR) is 70.1 cm³/mol. The Morgan fingerprint density at radius 2 is 2.31 bits per heavy atom. The van der Waals surface area contributed by atoms with Crippen LogP contribution in [-0.2, 0) is 0 Å². The molecule has 1 saturated heterocycles.